The van der Waals surface area contributed by atoms with Crippen LogP contribution in [0.3, 0.4) is 0 Å². The van der Waals surface area contributed by atoms with E-state index >= 15 is 0 Å². The summed E-state index contributed by atoms with van der Waals surface area (Å²) in [6, 6.07) is 15.1. The average molecular weight is 293 g/mol. The molecule has 0 amide bonds. The van der Waals surface area contributed by atoms with E-state index in [1.807, 2.05) is 18.2 Å². The highest BCUT2D eigenvalue weighted by molar-refractivity contribution is 6.35. The van der Waals surface area contributed by atoms with Crippen LogP contribution < -0.4 is 0 Å². The quantitative estimate of drug-likeness (QED) is 0.692. The number of halogens is 2. The van der Waals surface area contributed by atoms with Crippen LogP contribution in [-0.2, 0) is 6.42 Å². The van der Waals surface area contributed by atoms with Gasteiger partial charge in [-0.05, 0) is 36.6 Å². The van der Waals surface area contributed by atoms with Crippen LogP contribution in [0.2, 0.25) is 10.0 Å². The van der Waals surface area contributed by atoms with E-state index in [9.17, 15) is 4.79 Å². The largest absolute Gasteiger partial charge is 0.294 e. The number of carbonyl (C=O) groups is 1. The van der Waals surface area contributed by atoms with Gasteiger partial charge in [0.05, 0.1) is 5.02 Å². The highest BCUT2D eigenvalue weighted by Gasteiger charge is 2.10. The molecule has 2 aromatic carbocycles. The molecule has 1 nitrogen and oxygen atoms in total. The fourth-order valence-corrected chi connectivity index (χ4v) is 2.34. The van der Waals surface area contributed by atoms with Gasteiger partial charge in [-0.2, -0.15) is 0 Å². The van der Waals surface area contributed by atoms with Gasteiger partial charge in [0.25, 0.3) is 0 Å². The molecule has 0 spiro atoms. The molecule has 0 bridgehead atoms. The van der Waals surface area contributed by atoms with Crippen LogP contribution in [0.4, 0.5) is 0 Å². The summed E-state index contributed by atoms with van der Waals surface area (Å²) in [4.78, 5) is 12.1. The van der Waals surface area contributed by atoms with E-state index in [2.05, 4.69) is 12.1 Å². The number of aryl methyl sites for hydroxylation is 1. The highest BCUT2D eigenvalue weighted by atomic mass is 35.5. The van der Waals surface area contributed by atoms with E-state index in [-0.39, 0.29) is 5.78 Å². The summed E-state index contributed by atoms with van der Waals surface area (Å²) in [6.07, 6.45) is 2.19. The Morgan fingerprint density at radius 3 is 2.47 bits per heavy atom. The minimum atomic E-state index is 0.0448. The zero-order valence-corrected chi connectivity index (χ0v) is 11.9. The van der Waals surface area contributed by atoms with Gasteiger partial charge in [0.15, 0.2) is 5.78 Å². The molecule has 98 valence electrons. The lowest BCUT2D eigenvalue weighted by Gasteiger charge is -2.04. The standard InChI is InChI=1S/C16H14Cl2O/c17-13-9-10-15(18)14(11-13)16(19)8-4-7-12-5-2-1-3-6-12/h1-3,5-6,9-11H,4,7-8H2. The molecule has 2 rings (SSSR count). The first-order valence-electron chi connectivity index (χ1n) is 6.19. The third kappa shape index (κ3) is 4.09. The highest BCUT2D eigenvalue weighted by Crippen LogP contribution is 2.22. The first-order valence-corrected chi connectivity index (χ1v) is 6.94. The van der Waals surface area contributed by atoms with Crippen molar-refractivity contribution in [2.75, 3.05) is 0 Å². The van der Waals surface area contributed by atoms with Gasteiger partial charge in [0.1, 0.15) is 0 Å². The molecule has 19 heavy (non-hydrogen) atoms. The Hall–Kier alpha value is -1.31. The monoisotopic (exact) mass is 292 g/mol. The minimum absolute atomic E-state index is 0.0448. The van der Waals surface area contributed by atoms with Crippen molar-refractivity contribution < 1.29 is 4.79 Å². The van der Waals surface area contributed by atoms with Gasteiger partial charge in [-0.15, -0.1) is 0 Å². The number of ketones is 1. The Bertz CT molecular complexity index is 564. The molecule has 0 aliphatic heterocycles. The molecule has 2 aromatic rings. The molecule has 0 saturated carbocycles. The maximum atomic E-state index is 12.1. The Balaban J connectivity index is 1.93. The zero-order valence-electron chi connectivity index (χ0n) is 10.4. The maximum Gasteiger partial charge on any atom is 0.164 e. The molecule has 0 aliphatic rings. The lowest BCUT2D eigenvalue weighted by atomic mass is 10.0. The number of benzene rings is 2. The second-order valence-electron chi connectivity index (χ2n) is 4.39. The van der Waals surface area contributed by atoms with Crippen molar-refractivity contribution in [1.29, 1.82) is 0 Å². The van der Waals surface area contributed by atoms with Crippen molar-refractivity contribution in [2.45, 2.75) is 19.3 Å². The number of hydrogen-bond donors (Lipinski definition) is 0. The Kier molecular flexibility index (Phi) is 5.00. The van der Waals surface area contributed by atoms with Gasteiger partial charge in [-0.1, -0.05) is 53.5 Å². The van der Waals surface area contributed by atoms with Crippen molar-refractivity contribution >= 4 is 29.0 Å². The van der Waals surface area contributed by atoms with Crippen LogP contribution in [0.1, 0.15) is 28.8 Å². The molecule has 0 heterocycles. The predicted molar refractivity (Wildman–Crippen MR) is 80.2 cm³/mol. The SMILES string of the molecule is O=C(CCCc1ccccc1)c1cc(Cl)ccc1Cl. The van der Waals surface area contributed by atoms with Gasteiger partial charge in [-0.25, -0.2) is 0 Å². The summed E-state index contributed by atoms with van der Waals surface area (Å²) in [5.74, 6) is 0.0448. The van der Waals surface area contributed by atoms with E-state index in [4.69, 9.17) is 23.2 Å². The minimum Gasteiger partial charge on any atom is -0.294 e. The van der Waals surface area contributed by atoms with Gasteiger partial charge < -0.3 is 0 Å². The van der Waals surface area contributed by atoms with E-state index in [0.717, 1.165) is 12.8 Å². The molecule has 0 radical (unpaired) electrons. The van der Waals surface area contributed by atoms with Crippen molar-refractivity contribution in [2.24, 2.45) is 0 Å². The number of hydrogen-bond acceptors (Lipinski definition) is 1. The zero-order chi connectivity index (χ0) is 13.7. The Morgan fingerprint density at radius 2 is 1.74 bits per heavy atom. The average Bonchev–Trinajstić information content (AvgIpc) is 2.42. The summed E-state index contributed by atoms with van der Waals surface area (Å²) in [5, 5.41) is 1.00. The maximum absolute atomic E-state index is 12.1. The molecular formula is C16H14Cl2O. The molecule has 0 N–H and O–H groups in total. The second-order valence-corrected chi connectivity index (χ2v) is 5.23. The van der Waals surface area contributed by atoms with Crippen LogP contribution in [0.15, 0.2) is 48.5 Å². The molecule has 0 atom stereocenters. The predicted octanol–water partition coefficient (Wildman–Crippen LogP) is 5.20. The second kappa shape index (κ2) is 6.74. The smallest absolute Gasteiger partial charge is 0.164 e. The van der Waals surface area contributed by atoms with E-state index in [1.54, 1.807) is 18.2 Å². The number of rotatable bonds is 5. The first kappa shape index (κ1) is 14.1. The first-order chi connectivity index (χ1) is 9.16. The van der Waals surface area contributed by atoms with Gasteiger partial charge in [0, 0.05) is 17.0 Å². The molecule has 0 unspecified atom stereocenters. The van der Waals surface area contributed by atoms with Crippen LogP contribution >= 0.6 is 23.2 Å². The molecule has 0 fully saturated rings. The van der Waals surface area contributed by atoms with Crippen LogP contribution in [-0.4, -0.2) is 5.78 Å². The third-order valence-corrected chi connectivity index (χ3v) is 3.51. The summed E-state index contributed by atoms with van der Waals surface area (Å²) in [6.45, 7) is 0. The van der Waals surface area contributed by atoms with Crippen molar-refractivity contribution in [3.8, 4) is 0 Å². The van der Waals surface area contributed by atoms with Crippen LogP contribution in [0.25, 0.3) is 0 Å². The van der Waals surface area contributed by atoms with Gasteiger partial charge in [-0.3, -0.25) is 4.79 Å². The summed E-state index contributed by atoms with van der Waals surface area (Å²) < 4.78 is 0. The van der Waals surface area contributed by atoms with Crippen LogP contribution in [0.5, 0.6) is 0 Å². The summed E-state index contributed by atoms with van der Waals surface area (Å²) >= 11 is 11.9. The topological polar surface area (TPSA) is 17.1 Å². The summed E-state index contributed by atoms with van der Waals surface area (Å²) in [7, 11) is 0. The number of carbonyl (C=O) groups excluding carboxylic acids is 1. The fraction of sp³-hybridized carbons (Fsp3) is 0.188. The van der Waals surface area contributed by atoms with Gasteiger partial charge >= 0.3 is 0 Å². The molecule has 0 aromatic heterocycles. The molecular weight excluding hydrogens is 279 g/mol. The third-order valence-electron chi connectivity index (χ3n) is 2.94. The normalized spacial score (nSPS) is 10.4. The van der Waals surface area contributed by atoms with E-state index in [0.29, 0.717) is 22.0 Å². The van der Waals surface area contributed by atoms with Crippen LogP contribution in [0, 0.1) is 0 Å². The van der Waals surface area contributed by atoms with Gasteiger partial charge in [0.2, 0.25) is 0 Å². The van der Waals surface area contributed by atoms with Crippen molar-refractivity contribution in [3.05, 3.63) is 69.7 Å². The van der Waals surface area contributed by atoms with Crippen molar-refractivity contribution in [3.63, 3.8) is 0 Å². The molecule has 3 heteroatoms. The lowest BCUT2D eigenvalue weighted by Crippen LogP contribution is -2.01. The summed E-state index contributed by atoms with van der Waals surface area (Å²) in [5.41, 5.74) is 1.76. The van der Waals surface area contributed by atoms with E-state index in [1.165, 1.54) is 5.56 Å². The number of Topliss-reactive ketones (excluding diaryl/α,β-unsaturated/α-hetero) is 1. The Morgan fingerprint density at radius 1 is 1.00 bits per heavy atom. The molecule has 0 saturated heterocycles. The fourth-order valence-electron chi connectivity index (χ4n) is 1.94. The van der Waals surface area contributed by atoms with E-state index < -0.39 is 0 Å². The van der Waals surface area contributed by atoms with Crippen molar-refractivity contribution in [1.82, 2.24) is 0 Å². The Labute approximate surface area is 123 Å². The lowest BCUT2D eigenvalue weighted by molar-refractivity contribution is 0.0980. The molecule has 0 aliphatic carbocycles.